The molecule has 1 aliphatic heterocycles. The molecular formula is C14H19ClFNOS. The molecule has 0 spiro atoms. The lowest BCUT2D eigenvalue weighted by molar-refractivity contribution is 0.0476. The summed E-state index contributed by atoms with van der Waals surface area (Å²) < 4.78 is 19.1. The Kier molecular flexibility index (Phi) is 5.95. The highest BCUT2D eigenvalue weighted by Gasteiger charge is 2.25. The van der Waals surface area contributed by atoms with Crippen LogP contribution in [-0.4, -0.2) is 36.8 Å². The number of ether oxygens (including phenoxy) is 1. The fourth-order valence-corrected chi connectivity index (χ4v) is 3.41. The third-order valence-corrected chi connectivity index (χ3v) is 4.59. The molecule has 0 radical (unpaired) electrons. The van der Waals surface area contributed by atoms with Gasteiger partial charge in [0.25, 0.3) is 0 Å². The van der Waals surface area contributed by atoms with Crippen molar-refractivity contribution < 1.29 is 9.13 Å². The molecule has 106 valence electrons. The predicted molar refractivity (Wildman–Crippen MR) is 79.6 cm³/mol. The Balaban J connectivity index is 2.08. The van der Waals surface area contributed by atoms with E-state index in [4.69, 9.17) is 16.3 Å². The number of halogens is 2. The van der Waals surface area contributed by atoms with Crippen molar-refractivity contribution in [3.63, 3.8) is 0 Å². The van der Waals surface area contributed by atoms with E-state index in [1.165, 1.54) is 12.1 Å². The van der Waals surface area contributed by atoms with Crippen LogP contribution in [0.25, 0.3) is 0 Å². The highest BCUT2D eigenvalue weighted by Crippen LogP contribution is 2.22. The summed E-state index contributed by atoms with van der Waals surface area (Å²) >= 11 is 8.04. The second-order valence-corrected chi connectivity index (χ2v) is 6.15. The maximum absolute atomic E-state index is 13.3. The van der Waals surface area contributed by atoms with Crippen molar-refractivity contribution in [2.24, 2.45) is 0 Å². The lowest BCUT2D eigenvalue weighted by atomic mass is 10.0. The molecule has 1 fully saturated rings. The molecule has 1 saturated heterocycles. The van der Waals surface area contributed by atoms with Gasteiger partial charge < -0.3 is 10.1 Å². The van der Waals surface area contributed by atoms with E-state index < -0.39 is 0 Å². The molecule has 19 heavy (non-hydrogen) atoms. The monoisotopic (exact) mass is 303 g/mol. The summed E-state index contributed by atoms with van der Waals surface area (Å²) in [6.45, 7) is 3.71. The topological polar surface area (TPSA) is 21.3 Å². The SMILES string of the molecule is CCNC(Cc1cc(F)ccc1Cl)C1CSCCO1. The first-order chi connectivity index (χ1) is 9.20. The Morgan fingerprint density at radius 2 is 2.42 bits per heavy atom. The summed E-state index contributed by atoms with van der Waals surface area (Å²) in [5.41, 5.74) is 0.840. The molecule has 1 N–H and O–H groups in total. The van der Waals surface area contributed by atoms with Crippen LogP contribution in [0.5, 0.6) is 0 Å². The van der Waals surface area contributed by atoms with Crippen LogP contribution in [-0.2, 0) is 11.2 Å². The first kappa shape index (κ1) is 15.1. The molecule has 1 aromatic carbocycles. The normalized spacial score (nSPS) is 21.3. The largest absolute Gasteiger partial charge is 0.375 e. The molecule has 0 amide bonds. The standard InChI is InChI=1S/C14H19ClFNOS/c1-2-17-13(14-9-19-6-5-18-14)8-10-7-11(16)3-4-12(10)15/h3-4,7,13-14,17H,2,5-6,8-9H2,1H3. The molecule has 2 rings (SSSR count). The summed E-state index contributed by atoms with van der Waals surface area (Å²) in [7, 11) is 0. The number of hydrogen-bond donors (Lipinski definition) is 1. The van der Waals surface area contributed by atoms with Crippen LogP contribution in [0.4, 0.5) is 4.39 Å². The second-order valence-electron chi connectivity index (χ2n) is 4.59. The van der Waals surface area contributed by atoms with E-state index in [0.717, 1.165) is 30.2 Å². The van der Waals surface area contributed by atoms with Crippen molar-refractivity contribution >= 4 is 23.4 Å². The summed E-state index contributed by atoms with van der Waals surface area (Å²) in [4.78, 5) is 0. The zero-order valence-electron chi connectivity index (χ0n) is 11.0. The van der Waals surface area contributed by atoms with Crippen LogP contribution in [0.3, 0.4) is 0 Å². The number of rotatable bonds is 5. The third kappa shape index (κ3) is 4.35. The lowest BCUT2D eigenvalue weighted by Crippen LogP contribution is -2.46. The van der Waals surface area contributed by atoms with Crippen molar-refractivity contribution in [3.05, 3.63) is 34.6 Å². The smallest absolute Gasteiger partial charge is 0.123 e. The van der Waals surface area contributed by atoms with E-state index in [1.54, 1.807) is 6.07 Å². The minimum Gasteiger partial charge on any atom is -0.375 e. The van der Waals surface area contributed by atoms with Crippen LogP contribution in [0.2, 0.25) is 5.02 Å². The van der Waals surface area contributed by atoms with Gasteiger partial charge in [0.05, 0.1) is 12.7 Å². The highest BCUT2D eigenvalue weighted by molar-refractivity contribution is 7.99. The van der Waals surface area contributed by atoms with Crippen LogP contribution >= 0.6 is 23.4 Å². The molecule has 2 atom stereocenters. The quantitative estimate of drug-likeness (QED) is 0.903. The van der Waals surface area contributed by atoms with Crippen molar-refractivity contribution in [2.75, 3.05) is 24.7 Å². The minimum atomic E-state index is -0.242. The molecule has 0 saturated carbocycles. The number of benzene rings is 1. The highest BCUT2D eigenvalue weighted by atomic mass is 35.5. The average Bonchev–Trinajstić information content (AvgIpc) is 2.43. The molecule has 0 aromatic heterocycles. The van der Waals surface area contributed by atoms with Gasteiger partial charge in [-0.3, -0.25) is 0 Å². The Bertz CT molecular complexity index is 412. The third-order valence-electron chi connectivity index (χ3n) is 3.20. The predicted octanol–water partition coefficient (Wildman–Crippen LogP) is 3.13. The van der Waals surface area contributed by atoms with Crippen molar-refractivity contribution in [1.29, 1.82) is 0 Å². The van der Waals surface area contributed by atoms with E-state index in [2.05, 4.69) is 12.2 Å². The lowest BCUT2D eigenvalue weighted by Gasteiger charge is -2.31. The zero-order chi connectivity index (χ0) is 13.7. The molecule has 1 heterocycles. The van der Waals surface area contributed by atoms with Gasteiger partial charge in [-0.25, -0.2) is 4.39 Å². The van der Waals surface area contributed by atoms with Crippen molar-refractivity contribution in [2.45, 2.75) is 25.5 Å². The van der Waals surface area contributed by atoms with E-state index in [-0.39, 0.29) is 18.0 Å². The maximum Gasteiger partial charge on any atom is 0.123 e. The molecule has 0 bridgehead atoms. The first-order valence-electron chi connectivity index (χ1n) is 6.57. The van der Waals surface area contributed by atoms with Crippen molar-refractivity contribution in [3.8, 4) is 0 Å². The van der Waals surface area contributed by atoms with E-state index >= 15 is 0 Å². The van der Waals surface area contributed by atoms with Gasteiger partial charge in [-0.15, -0.1) is 0 Å². The van der Waals surface area contributed by atoms with E-state index in [0.29, 0.717) is 11.4 Å². The molecule has 1 aliphatic rings. The number of thioether (sulfide) groups is 1. The minimum absolute atomic E-state index is 0.165. The maximum atomic E-state index is 13.3. The van der Waals surface area contributed by atoms with Gasteiger partial charge in [0.1, 0.15) is 5.82 Å². The Hall–Kier alpha value is -0.290. The Labute approximate surface area is 123 Å². The van der Waals surface area contributed by atoms with Crippen LogP contribution in [0.15, 0.2) is 18.2 Å². The van der Waals surface area contributed by atoms with Gasteiger partial charge in [0.2, 0.25) is 0 Å². The van der Waals surface area contributed by atoms with Crippen LogP contribution < -0.4 is 5.32 Å². The first-order valence-corrected chi connectivity index (χ1v) is 8.10. The summed E-state index contributed by atoms with van der Waals surface area (Å²) in [6.07, 6.45) is 0.855. The molecule has 1 aromatic rings. The van der Waals surface area contributed by atoms with E-state index in [9.17, 15) is 4.39 Å². The number of likely N-dealkylation sites (N-methyl/N-ethyl adjacent to an activating group) is 1. The summed E-state index contributed by atoms with van der Waals surface area (Å²) in [5, 5.41) is 4.05. The zero-order valence-corrected chi connectivity index (χ0v) is 12.6. The van der Waals surface area contributed by atoms with Gasteiger partial charge in [0.15, 0.2) is 0 Å². The Morgan fingerprint density at radius 1 is 1.58 bits per heavy atom. The van der Waals surface area contributed by atoms with Crippen LogP contribution in [0, 0.1) is 5.82 Å². The summed E-state index contributed by atoms with van der Waals surface area (Å²) in [6, 6.07) is 4.70. The molecule has 2 nitrogen and oxygen atoms in total. The van der Waals surface area contributed by atoms with Gasteiger partial charge in [-0.05, 0) is 36.7 Å². The van der Waals surface area contributed by atoms with Gasteiger partial charge >= 0.3 is 0 Å². The van der Waals surface area contributed by atoms with E-state index in [1.807, 2.05) is 11.8 Å². The molecule has 0 aliphatic carbocycles. The Morgan fingerprint density at radius 3 is 3.11 bits per heavy atom. The van der Waals surface area contributed by atoms with Crippen LogP contribution in [0.1, 0.15) is 12.5 Å². The van der Waals surface area contributed by atoms with Crippen molar-refractivity contribution in [1.82, 2.24) is 5.32 Å². The number of hydrogen-bond acceptors (Lipinski definition) is 3. The average molecular weight is 304 g/mol. The molecular weight excluding hydrogens is 285 g/mol. The fourth-order valence-electron chi connectivity index (χ4n) is 2.27. The fraction of sp³-hybridized carbons (Fsp3) is 0.571. The number of nitrogens with one attached hydrogen (secondary N) is 1. The van der Waals surface area contributed by atoms with Gasteiger partial charge in [0, 0.05) is 22.6 Å². The second kappa shape index (κ2) is 7.48. The summed E-state index contributed by atoms with van der Waals surface area (Å²) in [5.74, 6) is 1.79. The molecule has 5 heteroatoms. The van der Waals surface area contributed by atoms with Gasteiger partial charge in [-0.2, -0.15) is 11.8 Å². The molecule has 2 unspecified atom stereocenters. The van der Waals surface area contributed by atoms with Gasteiger partial charge in [-0.1, -0.05) is 18.5 Å².